The van der Waals surface area contributed by atoms with E-state index in [-0.39, 0.29) is 0 Å². The Hall–Kier alpha value is -1.66. The highest BCUT2D eigenvalue weighted by molar-refractivity contribution is 5.79. The lowest BCUT2D eigenvalue weighted by Gasteiger charge is -2.37. The van der Waals surface area contributed by atoms with E-state index in [4.69, 9.17) is 0 Å². The predicted octanol–water partition coefficient (Wildman–Crippen LogP) is 0.773. The van der Waals surface area contributed by atoms with E-state index >= 15 is 0 Å². The molecule has 0 radical (unpaired) electrons. The summed E-state index contributed by atoms with van der Waals surface area (Å²) < 4.78 is 0. The monoisotopic (exact) mass is 318 g/mol. The number of likely N-dealkylation sites (N-methyl/N-ethyl adjacent to an activating group) is 1. The van der Waals surface area contributed by atoms with Crippen molar-refractivity contribution in [3.8, 4) is 0 Å². The third kappa shape index (κ3) is 5.80. The summed E-state index contributed by atoms with van der Waals surface area (Å²) in [5.74, 6) is 0.828. The molecule has 1 aromatic heterocycles. The summed E-state index contributed by atoms with van der Waals surface area (Å²) in [6.07, 6.45) is 1.81. The van der Waals surface area contributed by atoms with Crippen molar-refractivity contribution in [3.05, 3.63) is 30.1 Å². The number of piperazine rings is 1. The Kier molecular flexibility index (Phi) is 7.29. The van der Waals surface area contributed by atoms with Gasteiger partial charge in [0.15, 0.2) is 5.96 Å². The molecular weight excluding hydrogens is 288 g/mol. The number of aromatic nitrogens is 1. The molecule has 1 unspecified atom stereocenters. The molecule has 1 aliphatic rings. The first-order valence-corrected chi connectivity index (χ1v) is 8.53. The highest BCUT2D eigenvalue weighted by Crippen LogP contribution is 2.05. The zero-order chi connectivity index (χ0) is 16.5. The number of nitrogens with zero attached hydrogens (tertiary/aromatic N) is 4. The van der Waals surface area contributed by atoms with Crippen molar-refractivity contribution in [3.63, 3.8) is 0 Å². The number of guanidine groups is 1. The predicted molar refractivity (Wildman–Crippen MR) is 95.6 cm³/mol. The second-order valence-electron chi connectivity index (χ2n) is 5.95. The van der Waals surface area contributed by atoms with Gasteiger partial charge in [0.1, 0.15) is 0 Å². The fourth-order valence-electron chi connectivity index (χ4n) is 2.79. The molecule has 2 rings (SSSR count). The lowest BCUT2D eigenvalue weighted by Crippen LogP contribution is -2.53. The molecule has 0 bridgehead atoms. The molecule has 1 fully saturated rings. The fourth-order valence-corrected chi connectivity index (χ4v) is 2.79. The quantitative estimate of drug-likeness (QED) is 0.599. The van der Waals surface area contributed by atoms with E-state index in [1.807, 2.05) is 24.4 Å². The molecule has 1 aromatic rings. The van der Waals surface area contributed by atoms with Gasteiger partial charge in [-0.1, -0.05) is 13.0 Å². The second kappa shape index (κ2) is 9.47. The van der Waals surface area contributed by atoms with Gasteiger partial charge in [0.05, 0.1) is 12.2 Å². The SMILES string of the molecule is CCN1CCN(C(C)CNC(=NC)NCc2ccccn2)CC1. The molecule has 2 N–H and O–H groups in total. The average molecular weight is 318 g/mol. The summed E-state index contributed by atoms with van der Waals surface area (Å²) >= 11 is 0. The van der Waals surface area contributed by atoms with Crippen LogP contribution in [0.25, 0.3) is 0 Å². The Morgan fingerprint density at radius 2 is 2.04 bits per heavy atom. The van der Waals surface area contributed by atoms with Gasteiger partial charge in [-0.25, -0.2) is 0 Å². The van der Waals surface area contributed by atoms with Gasteiger partial charge in [0.2, 0.25) is 0 Å². The minimum absolute atomic E-state index is 0.502. The lowest BCUT2D eigenvalue weighted by molar-refractivity contribution is 0.107. The van der Waals surface area contributed by atoms with Gasteiger partial charge in [0.25, 0.3) is 0 Å². The van der Waals surface area contributed by atoms with Gasteiger partial charge in [-0.05, 0) is 25.6 Å². The van der Waals surface area contributed by atoms with E-state index in [0.29, 0.717) is 12.6 Å². The second-order valence-corrected chi connectivity index (χ2v) is 5.95. The molecule has 1 aliphatic heterocycles. The fraction of sp³-hybridized carbons (Fsp3) is 0.647. The maximum atomic E-state index is 4.31. The molecule has 0 aliphatic carbocycles. The van der Waals surface area contributed by atoms with Crippen LogP contribution in [0.4, 0.5) is 0 Å². The maximum absolute atomic E-state index is 4.31. The minimum atomic E-state index is 0.502. The Balaban J connectivity index is 1.70. The number of nitrogens with one attached hydrogen (secondary N) is 2. The van der Waals surface area contributed by atoms with Gasteiger partial charge >= 0.3 is 0 Å². The normalized spacial score (nSPS) is 18.7. The third-order valence-electron chi connectivity index (χ3n) is 4.43. The minimum Gasteiger partial charge on any atom is -0.355 e. The van der Waals surface area contributed by atoms with Crippen molar-refractivity contribution in [1.29, 1.82) is 0 Å². The molecule has 6 nitrogen and oxygen atoms in total. The van der Waals surface area contributed by atoms with Crippen LogP contribution in [0, 0.1) is 0 Å². The van der Waals surface area contributed by atoms with Crippen molar-refractivity contribution in [2.45, 2.75) is 26.4 Å². The summed E-state index contributed by atoms with van der Waals surface area (Å²) in [5, 5.41) is 6.73. The summed E-state index contributed by atoms with van der Waals surface area (Å²) in [5.41, 5.74) is 1.01. The van der Waals surface area contributed by atoms with Crippen LogP contribution in [-0.2, 0) is 6.54 Å². The molecule has 0 aromatic carbocycles. The summed E-state index contributed by atoms with van der Waals surface area (Å²) in [6, 6.07) is 6.44. The zero-order valence-corrected chi connectivity index (χ0v) is 14.6. The van der Waals surface area contributed by atoms with Gasteiger partial charge < -0.3 is 15.5 Å². The van der Waals surface area contributed by atoms with Gasteiger partial charge in [-0.2, -0.15) is 0 Å². The Morgan fingerprint density at radius 1 is 1.26 bits per heavy atom. The Morgan fingerprint density at radius 3 is 2.65 bits per heavy atom. The van der Waals surface area contributed by atoms with Crippen LogP contribution in [0.15, 0.2) is 29.4 Å². The molecule has 23 heavy (non-hydrogen) atoms. The topological polar surface area (TPSA) is 55.8 Å². The van der Waals surface area contributed by atoms with Crippen molar-refractivity contribution in [2.75, 3.05) is 46.3 Å². The lowest BCUT2D eigenvalue weighted by atomic mass is 10.2. The Labute approximate surface area is 140 Å². The van der Waals surface area contributed by atoms with E-state index in [1.54, 1.807) is 7.05 Å². The first-order chi connectivity index (χ1) is 11.2. The highest BCUT2D eigenvalue weighted by Gasteiger charge is 2.20. The standard InChI is InChI=1S/C17H30N6/c1-4-22-9-11-23(12-10-22)15(2)13-20-17(18-3)21-14-16-7-5-6-8-19-16/h5-8,15H,4,9-14H2,1-3H3,(H2,18,20,21). The molecule has 2 heterocycles. The van der Waals surface area contributed by atoms with E-state index < -0.39 is 0 Å². The maximum Gasteiger partial charge on any atom is 0.191 e. The number of aliphatic imine (C=N–C) groups is 1. The molecule has 0 amide bonds. The van der Waals surface area contributed by atoms with Gasteiger partial charge in [-0.15, -0.1) is 0 Å². The number of rotatable bonds is 6. The molecule has 1 atom stereocenters. The smallest absolute Gasteiger partial charge is 0.191 e. The number of hydrogen-bond donors (Lipinski definition) is 2. The van der Waals surface area contributed by atoms with Gasteiger partial charge in [0, 0.05) is 52.0 Å². The highest BCUT2D eigenvalue weighted by atomic mass is 15.3. The summed E-state index contributed by atoms with van der Waals surface area (Å²) in [7, 11) is 1.80. The molecular formula is C17H30N6. The van der Waals surface area contributed by atoms with E-state index in [0.717, 1.165) is 37.8 Å². The van der Waals surface area contributed by atoms with Crippen LogP contribution in [0.3, 0.4) is 0 Å². The average Bonchev–Trinajstić information content (AvgIpc) is 2.62. The van der Waals surface area contributed by atoms with Crippen LogP contribution in [-0.4, -0.2) is 73.1 Å². The Bertz CT molecular complexity index is 467. The van der Waals surface area contributed by atoms with Crippen LogP contribution >= 0.6 is 0 Å². The first-order valence-electron chi connectivity index (χ1n) is 8.53. The van der Waals surface area contributed by atoms with Crippen LogP contribution in [0.1, 0.15) is 19.5 Å². The van der Waals surface area contributed by atoms with Crippen molar-refractivity contribution >= 4 is 5.96 Å². The summed E-state index contributed by atoms with van der Waals surface area (Å²) in [4.78, 5) is 13.6. The summed E-state index contributed by atoms with van der Waals surface area (Å²) in [6.45, 7) is 11.9. The van der Waals surface area contributed by atoms with Crippen molar-refractivity contribution in [1.82, 2.24) is 25.4 Å². The van der Waals surface area contributed by atoms with E-state index in [2.05, 4.69) is 44.3 Å². The molecule has 0 spiro atoms. The largest absolute Gasteiger partial charge is 0.355 e. The van der Waals surface area contributed by atoms with E-state index in [9.17, 15) is 0 Å². The van der Waals surface area contributed by atoms with Crippen molar-refractivity contribution < 1.29 is 0 Å². The van der Waals surface area contributed by atoms with Crippen LogP contribution < -0.4 is 10.6 Å². The zero-order valence-electron chi connectivity index (χ0n) is 14.6. The third-order valence-corrected chi connectivity index (χ3v) is 4.43. The molecule has 0 saturated carbocycles. The van der Waals surface area contributed by atoms with Crippen LogP contribution in [0.5, 0.6) is 0 Å². The number of pyridine rings is 1. The van der Waals surface area contributed by atoms with Gasteiger partial charge in [-0.3, -0.25) is 14.9 Å². The first kappa shape index (κ1) is 17.7. The molecule has 6 heteroatoms. The molecule has 128 valence electrons. The molecule has 1 saturated heterocycles. The van der Waals surface area contributed by atoms with Crippen LogP contribution in [0.2, 0.25) is 0 Å². The van der Waals surface area contributed by atoms with E-state index in [1.165, 1.54) is 13.1 Å². The number of hydrogen-bond acceptors (Lipinski definition) is 4. The van der Waals surface area contributed by atoms with Crippen molar-refractivity contribution in [2.24, 2.45) is 4.99 Å².